The third-order valence-electron chi connectivity index (χ3n) is 4.15. The van der Waals surface area contributed by atoms with Crippen LogP contribution in [-0.2, 0) is 4.79 Å². The largest absolute Gasteiger partial charge is 0.326 e. The summed E-state index contributed by atoms with van der Waals surface area (Å²) >= 11 is 0. The van der Waals surface area contributed by atoms with Crippen LogP contribution in [0.25, 0.3) is 22.2 Å². The summed E-state index contributed by atoms with van der Waals surface area (Å²) in [6.07, 6.45) is 3.57. The smallest absolute Gasteiger partial charge is 0.227 e. The van der Waals surface area contributed by atoms with Gasteiger partial charge in [-0.2, -0.15) is 5.10 Å². The maximum Gasteiger partial charge on any atom is 0.227 e. The van der Waals surface area contributed by atoms with E-state index in [0.717, 1.165) is 39.1 Å². The number of anilines is 3. The van der Waals surface area contributed by atoms with Gasteiger partial charge in [0, 0.05) is 35.4 Å². The number of aryl methyl sites for hydroxylation is 1. The highest BCUT2D eigenvalue weighted by atomic mass is 16.1. The van der Waals surface area contributed by atoms with Gasteiger partial charge in [0.2, 0.25) is 11.9 Å². The molecule has 0 unspecified atom stereocenters. The molecule has 4 aromatic rings. The minimum atomic E-state index is -0.0953. The first-order valence-electron chi connectivity index (χ1n) is 8.50. The van der Waals surface area contributed by atoms with Crippen LogP contribution >= 0.6 is 0 Å². The number of benzene rings is 2. The molecule has 2 aromatic heterocycles. The molecule has 0 saturated carbocycles. The van der Waals surface area contributed by atoms with Crippen molar-refractivity contribution in [2.45, 2.75) is 13.8 Å². The number of aromatic nitrogens is 4. The number of amides is 1. The summed E-state index contributed by atoms with van der Waals surface area (Å²) in [5.74, 6) is 0.423. The van der Waals surface area contributed by atoms with E-state index in [4.69, 9.17) is 0 Å². The Balaban J connectivity index is 1.61. The van der Waals surface area contributed by atoms with Gasteiger partial charge in [-0.25, -0.2) is 9.97 Å². The highest BCUT2D eigenvalue weighted by molar-refractivity contribution is 5.89. The molecule has 27 heavy (non-hydrogen) atoms. The second-order valence-electron chi connectivity index (χ2n) is 6.28. The molecule has 2 aromatic carbocycles. The minimum absolute atomic E-state index is 0.0953. The number of rotatable bonds is 4. The number of hydrogen-bond acceptors (Lipinski definition) is 5. The average molecular weight is 358 g/mol. The molecule has 0 saturated heterocycles. The average Bonchev–Trinajstić information content (AvgIpc) is 3.11. The van der Waals surface area contributed by atoms with Crippen molar-refractivity contribution in [3.05, 3.63) is 60.4 Å². The van der Waals surface area contributed by atoms with E-state index in [1.54, 1.807) is 12.4 Å². The quantitative estimate of drug-likeness (QED) is 0.512. The van der Waals surface area contributed by atoms with E-state index < -0.39 is 0 Å². The molecule has 7 heteroatoms. The Hall–Kier alpha value is -3.74. The van der Waals surface area contributed by atoms with Crippen molar-refractivity contribution in [2.75, 3.05) is 10.6 Å². The fraction of sp³-hybridized carbons (Fsp3) is 0.100. The van der Waals surface area contributed by atoms with Crippen molar-refractivity contribution >= 4 is 34.1 Å². The van der Waals surface area contributed by atoms with Crippen LogP contribution in [0.1, 0.15) is 12.5 Å². The second-order valence-corrected chi connectivity index (χ2v) is 6.28. The molecule has 0 radical (unpaired) electrons. The summed E-state index contributed by atoms with van der Waals surface area (Å²) in [5, 5.41) is 14.0. The van der Waals surface area contributed by atoms with Gasteiger partial charge in [-0.1, -0.05) is 12.1 Å². The Labute approximate surface area is 155 Å². The third kappa shape index (κ3) is 3.62. The molecule has 1 amide bonds. The molecule has 134 valence electrons. The van der Waals surface area contributed by atoms with Crippen LogP contribution in [0.5, 0.6) is 0 Å². The van der Waals surface area contributed by atoms with Crippen molar-refractivity contribution < 1.29 is 4.79 Å². The highest BCUT2D eigenvalue weighted by Crippen LogP contribution is 2.25. The standard InChI is InChI=1S/C20H18N6O/c1-12-10-21-20(24-17-7-8-18-15(9-17)11-22-26-18)25-19(12)14-3-5-16(6-4-14)23-13(2)27/h3-11H,1-2H3,(H,22,26)(H,23,27)(H,21,24,25). The number of hydrogen-bond donors (Lipinski definition) is 3. The topological polar surface area (TPSA) is 95.6 Å². The number of nitrogens with one attached hydrogen (secondary N) is 3. The van der Waals surface area contributed by atoms with Gasteiger partial charge in [-0.3, -0.25) is 9.89 Å². The van der Waals surface area contributed by atoms with Gasteiger partial charge in [0.1, 0.15) is 0 Å². The van der Waals surface area contributed by atoms with Crippen LogP contribution < -0.4 is 10.6 Å². The molecule has 0 bridgehead atoms. The number of fused-ring (bicyclic) bond motifs is 1. The molecule has 0 aliphatic rings. The number of aromatic amines is 1. The Bertz CT molecular complexity index is 1120. The first-order valence-corrected chi connectivity index (χ1v) is 8.50. The Morgan fingerprint density at radius 3 is 2.59 bits per heavy atom. The summed E-state index contributed by atoms with van der Waals surface area (Å²) in [7, 11) is 0. The summed E-state index contributed by atoms with van der Waals surface area (Å²) < 4.78 is 0. The van der Waals surface area contributed by atoms with Crippen molar-refractivity contribution in [3.8, 4) is 11.3 Å². The summed E-state index contributed by atoms with van der Waals surface area (Å²) in [6, 6.07) is 13.5. The van der Waals surface area contributed by atoms with E-state index in [9.17, 15) is 4.79 Å². The lowest BCUT2D eigenvalue weighted by molar-refractivity contribution is -0.114. The van der Waals surface area contributed by atoms with Crippen LogP contribution in [0, 0.1) is 6.92 Å². The predicted molar refractivity (Wildman–Crippen MR) is 106 cm³/mol. The molecule has 4 rings (SSSR count). The van der Waals surface area contributed by atoms with Gasteiger partial charge >= 0.3 is 0 Å². The molecular formula is C20H18N6O. The van der Waals surface area contributed by atoms with Crippen LogP contribution in [0.15, 0.2) is 54.9 Å². The predicted octanol–water partition coefficient (Wildman–Crippen LogP) is 4.03. The van der Waals surface area contributed by atoms with Gasteiger partial charge in [0.05, 0.1) is 17.4 Å². The van der Waals surface area contributed by atoms with E-state index >= 15 is 0 Å². The lowest BCUT2D eigenvalue weighted by Gasteiger charge is -2.10. The zero-order valence-electron chi connectivity index (χ0n) is 14.9. The SMILES string of the molecule is CC(=O)Nc1ccc(-c2nc(Nc3ccc4[nH]ncc4c3)ncc2C)cc1. The Morgan fingerprint density at radius 2 is 1.81 bits per heavy atom. The zero-order valence-corrected chi connectivity index (χ0v) is 14.9. The third-order valence-corrected chi connectivity index (χ3v) is 4.15. The lowest BCUT2D eigenvalue weighted by Crippen LogP contribution is -2.05. The van der Waals surface area contributed by atoms with E-state index in [0.29, 0.717) is 5.95 Å². The monoisotopic (exact) mass is 358 g/mol. The van der Waals surface area contributed by atoms with E-state index in [1.165, 1.54) is 6.92 Å². The van der Waals surface area contributed by atoms with Crippen molar-refractivity contribution in [1.82, 2.24) is 20.2 Å². The maximum atomic E-state index is 11.2. The fourth-order valence-electron chi connectivity index (χ4n) is 2.86. The molecule has 0 spiro atoms. The van der Waals surface area contributed by atoms with Gasteiger partial charge in [-0.15, -0.1) is 0 Å². The van der Waals surface area contributed by atoms with Crippen LogP contribution in [0.3, 0.4) is 0 Å². The number of carbonyl (C=O) groups is 1. The van der Waals surface area contributed by atoms with Crippen LogP contribution in [-0.4, -0.2) is 26.1 Å². The van der Waals surface area contributed by atoms with Gasteiger partial charge < -0.3 is 10.6 Å². The molecule has 0 atom stereocenters. The van der Waals surface area contributed by atoms with E-state index in [-0.39, 0.29) is 5.91 Å². The molecule has 2 heterocycles. The molecule has 0 aliphatic carbocycles. The Morgan fingerprint density at radius 1 is 1.04 bits per heavy atom. The molecular weight excluding hydrogens is 340 g/mol. The van der Waals surface area contributed by atoms with Crippen molar-refractivity contribution in [2.24, 2.45) is 0 Å². The van der Waals surface area contributed by atoms with Gasteiger partial charge in [0.15, 0.2) is 0 Å². The Kier molecular flexibility index (Phi) is 4.25. The van der Waals surface area contributed by atoms with Gasteiger partial charge in [-0.05, 0) is 42.8 Å². The van der Waals surface area contributed by atoms with E-state index in [1.807, 2.05) is 49.4 Å². The number of nitrogens with zero attached hydrogens (tertiary/aromatic N) is 3. The van der Waals surface area contributed by atoms with Gasteiger partial charge in [0.25, 0.3) is 0 Å². The summed E-state index contributed by atoms with van der Waals surface area (Å²) in [6.45, 7) is 3.46. The molecule has 0 fully saturated rings. The maximum absolute atomic E-state index is 11.2. The lowest BCUT2D eigenvalue weighted by atomic mass is 10.1. The van der Waals surface area contributed by atoms with E-state index in [2.05, 4.69) is 30.8 Å². The first-order chi connectivity index (χ1) is 13.1. The number of carbonyl (C=O) groups excluding carboxylic acids is 1. The zero-order chi connectivity index (χ0) is 18.8. The normalized spacial score (nSPS) is 10.7. The molecule has 3 N–H and O–H groups in total. The van der Waals surface area contributed by atoms with Crippen molar-refractivity contribution in [3.63, 3.8) is 0 Å². The summed E-state index contributed by atoms with van der Waals surface area (Å²) in [4.78, 5) is 20.2. The molecule has 7 nitrogen and oxygen atoms in total. The summed E-state index contributed by atoms with van der Waals surface area (Å²) in [5.41, 5.74) is 5.39. The molecule has 0 aliphatic heterocycles. The van der Waals surface area contributed by atoms with Crippen molar-refractivity contribution in [1.29, 1.82) is 0 Å². The second kappa shape index (κ2) is 6.87. The fourth-order valence-corrected chi connectivity index (χ4v) is 2.86. The minimum Gasteiger partial charge on any atom is -0.326 e. The van der Waals surface area contributed by atoms with Crippen LogP contribution in [0.2, 0.25) is 0 Å². The number of H-pyrrole nitrogens is 1. The van der Waals surface area contributed by atoms with Crippen LogP contribution in [0.4, 0.5) is 17.3 Å². The first kappa shape index (κ1) is 16.7. The highest BCUT2D eigenvalue weighted by Gasteiger charge is 2.08.